The summed E-state index contributed by atoms with van der Waals surface area (Å²) >= 11 is 14.2. The van der Waals surface area contributed by atoms with Crippen molar-refractivity contribution in [2.75, 3.05) is 0 Å². The molecule has 0 atom stereocenters. The molecule has 6 nitrogen and oxygen atoms in total. The van der Waals surface area contributed by atoms with Crippen LogP contribution in [0, 0.1) is 15.3 Å². The van der Waals surface area contributed by atoms with Gasteiger partial charge in [-0.05, 0) is 0 Å². The van der Waals surface area contributed by atoms with Gasteiger partial charge in [0, 0.05) is 0 Å². The van der Waals surface area contributed by atoms with E-state index in [1.807, 2.05) is 0 Å². The van der Waals surface area contributed by atoms with Gasteiger partial charge in [-0.15, -0.1) is 0 Å². The van der Waals surface area contributed by atoms with Gasteiger partial charge in [-0.1, -0.05) is 34.8 Å². The molecule has 0 spiro atoms. The van der Waals surface area contributed by atoms with E-state index in [4.69, 9.17) is 50.1 Å². The first-order valence-corrected chi connectivity index (χ1v) is 2.91. The first-order valence-electron chi connectivity index (χ1n) is 1.77. The minimum atomic E-state index is -2.28. The molecule has 0 heterocycles. The third-order valence-corrected chi connectivity index (χ3v) is 0.694. The normalized spacial score (nSPS) is 7.92. The van der Waals surface area contributed by atoms with Crippen molar-refractivity contribution in [1.82, 2.24) is 0 Å². The smallest absolute Gasteiger partial charge is 0.545 e. The average molecular weight is 270 g/mol. The Morgan fingerprint density at radius 2 is 1.31 bits per heavy atom. The van der Waals surface area contributed by atoms with Gasteiger partial charge >= 0.3 is 70.2 Å². The van der Waals surface area contributed by atoms with Gasteiger partial charge in [0.15, 0.2) is 0 Å². The maximum Gasteiger partial charge on any atom is 1.00 e. The van der Waals surface area contributed by atoms with Crippen LogP contribution in [0.15, 0.2) is 0 Å². The van der Waals surface area contributed by atoms with E-state index in [2.05, 4.69) is 0 Å². The number of aliphatic carboxylic acids is 1. The van der Waals surface area contributed by atoms with Gasteiger partial charge in [0.2, 0.25) is 3.79 Å². The number of carboxylic acid groups (broad SMARTS) is 1. The second-order valence-corrected chi connectivity index (χ2v) is 3.29. The standard InChI is InChI=1S/C2HCl3O2.K.Li.NO3/c3-2(4,5)1(6)7;;;2-1(3)4/h(H,6,7);;;/q;2*+1;-1/p-1. The molecule has 11 heteroatoms. The Balaban J connectivity index is -0.0000000600. The Morgan fingerprint density at radius 3 is 1.31 bits per heavy atom. The second kappa shape index (κ2) is 11.8. The summed E-state index contributed by atoms with van der Waals surface area (Å²) in [5.74, 6) is -1.71. The largest absolute Gasteiger partial charge is 1.00 e. The SMILES string of the molecule is O=C([O-])C(Cl)(Cl)Cl.O=[N+]([O-])[O-].[K+].[Li+]. The number of carbonyl (C=O) groups excluding carboxylic acids is 1. The maximum absolute atomic E-state index is 9.51. The molecule has 0 radical (unpaired) electrons. The van der Waals surface area contributed by atoms with Crippen molar-refractivity contribution in [1.29, 1.82) is 0 Å². The topological polar surface area (TPSA) is 106 Å². The molecule has 0 rings (SSSR count). The Bertz CT molecular complexity index is 158. The number of alkyl halides is 3. The van der Waals surface area contributed by atoms with E-state index >= 15 is 0 Å². The minimum absolute atomic E-state index is 0. The van der Waals surface area contributed by atoms with Gasteiger partial charge in [-0.3, -0.25) is 0 Å². The van der Waals surface area contributed by atoms with Crippen LogP contribution in [-0.2, 0) is 4.79 Å². The Hall–Kier alpha value is 1.77. The number of carbonyl (C=O) groups is 1. The van der Waals surface area contributed by atoms with Crippen LogP contribution in [0.4, 0.5) is 0 Å². The molecule has 0 aromatic rings. The molecular formula is C2Cl3KLiNO5. The predicted molar refractivity (Wildman–Crippen MR) is 35.7 cm³/mol. The number of hydrogen-bond acceptors (Lipinski definition) is 5. The zero-order valence-electron chi connectivity index (χ0n) is 6.62. The van der Waals surface area contributed by atoms with Crippen LogP contribution in [0.1, 0.15) is 0 Å². The number of halogens is 3. The van der Waals surface area contributed by atoms with E-state index in [-0.39, 0.29) is 70.2 Å². The van der Waals surface area contributed by atoms with Gasteiger partial charge in [-0.2, -0.15) is 0 Å². The average Bonchev–Trinajstić information content (AvgIpc) is 1.59. The van der Waals surface area contributed by atoms with Gasteiger partial charge < -0.3 is 25.2 Å². The summed E-state index contributed by atoms with van der Waals surface area (Å²) in [6.45, 7) is 0. The zero-order chi connectivity index (χ0) is 9.65. The van der Waals surface area contributed by atoms with Crippen molar-refractivity contribution in [2.45, 2.75) is 3.79 Å². The fourth-order valence-electron chi connectivity index (χ4n) is 0. The van der Waals surface area contributed by atoms with Gasteiger partial charge in [0.25, 0.3) is 0 Å². The van der Waals surface area contributed by atoms with E-state index in [1.165, 1.54) is 0 Å². The molecule has 0 aliphatic rings. The van der Waals surface area contributed by atoms with Crippen molar-refractivity contribution < 1.29 is 85.2 Å². The fourth-order valence-corrected chi connectivity index (χ4v) is 0. The van der Waals surface area contributed by atoms with Gasteiger partial charge in [0.05, 0.1) is 11.1 Å². The first-order chi connectivity index (χ1) is 4.68. The van der Waals surface area contributed by atoms with Gasteiger partial charge in [0.1, 0.15) is 0 Å². The van der Waals surface area contributed by atoms with Crippen LogP contribution in [0.25, 0.3) is 0 Å². The van der Waals surface area contributed by atoms with E-state index in [9.17, 15) is 9.90 Å². The number of carboxylic acids is 1. The van der Waals surface area contributed by atoms with Crippen LogP contribution in [0.2, 0.25) is 0 Å². The van der Waals surface area contributed by atoms with E-state index in [0.717, 1.165) is 0 Å². The van der Waals surface area contributed by atoms with E-state index in [1.54, 1.807) is 0 Å². The molecule has 0 N–H and O–H groups in total. The summed E-state index contributed by atoms with van der Waals surface area (Å²) in [5.41, 5.74) is 0. The van der Waals surface area contributed by atoms with E-state index in [0.29, 0.717) is 0 Å². The molecule has 0 bridgehead atoms. The molecule has 0 saturated carbocycles. The van der Waals surface area contributed by atoms with Crippen LogP contribution in [0.5, 0.6) is 0 Å². The molecule has 66 valence electrons. The van der Waals surface area contributed by atoms with Crippen molar-refractivity contribution in [3.8, 4) is 0 Å². The summed E-state index contributed by atoms with van der Waals surface area (Å²) in [6.07, 6.45) is 0. The third-order valence-electron chi connectivity index (χ3n) is 0.231. The molecule has 0 aliphatic heterocycles. The molecule has 0 saturated heterocycles. The molecule has 0 amide bonds. The number of nitrogens with zero attached hydrogens (tertiary/aromatic N) is 1. The van der Waals surface area contributed by atoms with Crippen LogP contribution in [0.3, 0.4) is 0 Å². The number of rotatable bonds is 0. The summed E-state index contributed by atoms with van der Waals surface area (Å²) in [6, 6.07) is 0. The summed E-state index contributed by atoms with van der Waals surface area (Å²) in [5, 5.41) is 24.3. The Kier molecular flexibility index (Phi) is 22.0. The molecule has 0 fully saturated rings. The summed E-state index contributed by atoms with van der Waals surface area (Å²) in [4.78, 5) is 17.8. The summed E-state index contributed by atoms with van der Waals surface area (Å²) in [7, 11) is 0. The predicted octanol–water partition coefficient (Wildman–Crippen LogP) is -6.12. The van der Waals surface area contributed by atoms with Gasteiger partial charge in [-0.25, -0.2) is 0 Å². The zero-order valence-corrected chi connectivity index (χ0v) is 12.0. The molecule has 0 unspecified atom stereocenters. The fraction of sp³-hybridized carbons (Fsp3) is 0.500. The Morgan fingerprint density at radius 1 is 1.23 bits per heavy atom. The molecular weight excluding hydrogens is 270 g/mol. The molecule has 0 aromatic heterocycles. The quantitative estimate of drug-likeness (QED) is 0.188. The Labute approximate surface area is 143 Å². The van der Waals surface area contributed by atoms with Crippen molar-refractivity contribution >= 4 is 40.8 Å². The molecule has 13 heavy (non-hydrogen) atoms. The van der Waals surface area contributed by atoms with Crippen molar-refractivity contribution in [2.24, 2.45) is 0 Å². The maximum atomic E-state index is 9.51. The minimum Gasteiger partial charge on any atom is -0.545 e. The van der Waals surface area contributed by atoms with Crippen LogP contribution < -0.4 is 75.4 Å². The third kappa shape index (κ3) is 31.6. The van der Waals surface area contributed by atoms with E-state index < -0.39 is 14.8 Å². The van der Waals surface area contributed by atoms with Crippen molar-refractivity contribution in [3.05, 3.63) is 15.3 Å². The van der Waals surface area contributed by atoms with Crippen LogP contribution >= 0.6 is 34.8 Å². The monoisotopic (exact) mass is 269 g/mol. The first kappa shape index (κ1) is 24.1. The van der Waals surface area contributed by atoms with Crippen LogP contribution in [-0.4, -0.2) is 14.8 Å². The number of hydrogen-bond donors (Lipinski definition) is 0. The van der Waals surface area contributed by atoms with Crippen molar-refractivity contribution in [3.63, 3.8) is 0 Å². The second-order valence-electron chi connectivity index (χ2n) is 1.01. The molecule has 0 aliphatic carbocycles. The molecule has 0 aromatic carbocycles. The summed E-state index contributed by atoms with van der Waals surface area (Å²) < 4.78 is -2.28.